The van der Waals surface area contributed by atoms with Crippen molar-refractivity contribution < 1.29 is 4.79 Å². The first-order chi connectivity index (χ1) is 15.7. The summed E-state index contributed by atoms with van der Waals surface area (Å²) in [6, 6.07) is 24.6. The molecular weight excluding hydrogens is 418 g/mol. The van der Waals surface area contributed by atoms with E-state index in [-0.39, 0.29) is 11.8 Å². The molecule has 0 unspecified atom stereocenters. The largest absolute Gasteiger partial charge is 0.355 e. The number of amides is 1. The van der Waals surface area contributed by atoms with Crippen molar-refractivity contribution in [3.63, 3.8) is 0 Å². The lowest BCUT2D eigenvalue weighted by atomic mass is 9.88. The number of nitrogens with one attached hydrogen (secondary N) is 1. The highest BCUT2D eigenvalue weighted by atomic mass is 32.2. The summed E-state index contributed by atoms with van der Waals surface area (Å²) in [4.78, 5) is 16.6. The maximum absolute atomic E-state index is 12.5. The number of rotatable bonds is 9. The van der Waals surface area contributed by atoms with Crippen LogP contribution < -0.4 is 5.32 Å². The normalized spacial score (nSPS) is 10.9. The van der Waals surface area contributed by atoms with Crippen molar-refractivity contribution in [2.24, 2.45) is 7.05 Å². The minimum absolute atomic E-state index is 0.0131. The Morgan fingerprint density at radius 2 is 1.66 bits per heavy atom. The van der Waals surface area contributed by atoms with Crippen LogP contribution in [0.2, 0.25) is 0 Å². The van der Waals surface area contributed by atoms with Crippen molar-refractivity contribution in [1.29, 1.82) is 0 Å². The van der Waals surface area contributed by atoms with Crippen molar-refractivity contribution >= 4 is 17.7 Å². The third-order valence-electron chi connectivity index (χ3n) is 5.25. The van der Waals surface area contributed by atoms with Gasteiger partial charge in [0.1, 0.15) is 0 Å². The lowest BCUT2D eigenvalue weighted by molar-refractivity contribution is -0.118. The molecule has 4 aromatic rings. The molecule has 0 bridgehead atoms. The Balaban J connectivity index is 1.32. The Morgan fingerprint density at radius 1 is 0.969 bits per heavy atom. The molecule has 32 heavy (non-hydrogen) atoms. The summed E-state index contributed by atoms with van der Waals surface area (Å²) >= 11 is 1.38. The molecule has 1 amide bonds. The zero-order valence-corrected chi connectivity index (χ0v) is 18.7. The van der Waals surface area contributed by atoms with E-state index in [1.807, 2.05) is 35.9 Å². The van der Waals surface area contributed by atoms with Crippen LogP contribution in [0, 0.1) is 0 Å². The standard InChI is InChI=1S/C25H25N5OS/c1-30-24(21-13-8-15-26-17-21)28-29-25(30)32-18-23(31)27-16-14-22(19-9-4-2-5-10-19)20-11-6-3-7-12-20/h2-13,15,17,22H,14,16,18H2,1H3,(H,27,31). The third-order valence-corrected chi connectivity index (χ3v) is 6.27. The van der Waals surface area contributed by atoms with Crippen LogP contribution >= 0.6 is 11.8 Å². The fourth-order valence-corrected chi connectivity index (χ4v) is 4.36. The second kappa shape index (κ2) is 10.7. The molecule has 1 N–H and O–H groups in total. The molecule has 162 valence electrons. The van der Waals surface area contributed by atoms with Crippen molar-refractivity contribution in [3.8, 4) is 11.4 Å². The van der Waals surface area contributed by atoms with Crippen LogP contribution in [-0.4, -0.2) is 38.0 Å². The van der Waals surface area contributed by atoms with Gasteiger partial charge in [0.05, 0.1) is 5.75 Å². The van der Waals surface area contributed by atoms with Gasteiger partial charge in [0, 0.05) is 37.5 Å². The Morgan fingerprint density at radius 3 is 2.28 bits per heavy atom. The Bertz CT molecular complexity index is 1090. The molecule has 0 fully saturated rings. The van der Waals surface area contributed by atoms with Crippen LogP contribution in [-0.2, 0) is 11.8 Å². The van der Waals surface area contributed by atoms with Crippen LogP contribution in [0.25, 0.3) is 11.4 Å². The van der Waals surface area contributed by atoms with Gasteiger partial charge in [-0.3, -0.25) is 9.78 Å². The first-order valence-corrected chi connectivity index (χ1v) is 11.5. The van der Waals surface area contributed by atoms with Gasteiger partial charge < -0.3 is 9.88 Å². The summed E-state index contributed by atoms with van der Waals surface area (Å²) in [6.45, 7) is 0.605. The first-order valence-electron chi connectivity index (χ1n) is 10.5. The molecule has 2 heterocycles. The molecule has 0 aliphatic heterocycles. The Kier molecular flexibility index (Phi) is 7.30. The van der Waals surface area contributed by atoms with Gasteiger partial charge in [-0.2, -0.15) is 0 Å². The monoisotopic (exact) mass is 443 g/mol. The molecule has 7 heteroatoms. The highest BCUT2D eigenvalue weighted by Gasteiger charge is 2.15. The molecule has 0 spiro atoms. The van der Waals surface area contributed by atoms with Gasteiger partial charge in [0.2, 0.25) is 5.91 Å². The molecule has 2 aromatic heterocycles. The van der Waals surface area contributed by atoms with E-state index in [0.29, 0.717) is 17.5 Å². The van der Waals surface area contributed by atoms with Gasteiger partial charge in [0.25, 0.3) is 0 Å². The van der Waals surface area contributed by atoms with Gasteiger partial charge in [0.15, 0.2) is 11.0 Å². The van der Waals surface area contributed by atoms with Crippen LogP contribution in [0.1, 0.15) is 23.5 Å². The minimum atomic E-state index is -0.0131. The molecule has 0 saturated heterocycles. The van der Waals surface area contributed by atoms with Crippen molar-refractivity contribution in [3.05, 3.63) is 96.3 Å². The number of thioether (sulfide) groups is 1. The Labute approximate surface area is 192 Å². The SMILES string of the molecule is Cn1c(SCC(=O)NCCC(c2ccccc2)c2ccccc2)nnc1-c1cccnc1. The number of aromatic nitrogens is 4. The number of carbonyl (C=O) groups is 1. The van der Waals surface area contributed by atoms with Crippen LogP contribution in [0.15, 0.2) is 90.3 Å². The average molecular weight is 444 g/mol. The van der Waals surface area contributed by atoms with Crippen LogP contribution in [0.3, 0.4) is 0 Å². The van der Waals surface area contributed by atoms with E-state index < -0.39 is 0 Å². The Hall–Kier alpha value is -3.45. The third kappa shape index (κ3) is 5.42. The number of carbonyl (C=O) groups excluding carboxylic acids is 1. The second-order valence-electron chi connectivity index (χ2n) is 7.41. The van der Waals surface area contributed by atoms with E-state index >= 15 is 0 Å². The summed E-state index contributed by atoms with van der Waals surface area (Å²) < 4.78 is 1.88. The second-order valence-corrected chi connectivity index (χ2v) is 8.35. The fourth-order valence-electron chi connectivity index (χ4n) is 3.62. The van der Waals surface area contributed by atoms with E-state index in [1.54, 1.807) is 12.4 Å². The smallest absolute Gasteiger partial charge is 0.230 e. The summed E-state index contributed by atoms with van der Waals surface area (Å²) in [6.07, 6.45) is 4.31. The molecule has 0 atom stereocenters. The lowest BCUT2D eigenvalue weighted by Gasteiger charge is -2.18. The molecule has 0 radical (unpaired) electrons. The summed E-state index contributed by atoms with van der Waals surface area (Å²) in [5.41, 5.74) is 3.40. The van der Waals surface area contributed by atoms with Gasteiger partial charge in [-0.05, 0) is 29.7 Å². The maximum Gasteiger partial charge on any atom is 0.230 e. The quantitative estimate of drug-likeness (QED) is 0.390. The zero-order chi connectivity index (χ0) is 22.2. The molecular formula is C25H25N5OS. The topological polar surface area (TPSA) is 72.7 Å². The number of nitrogens with zero attached hydrogens (tertiary/aromatic N) is 4. The molecule has 0 aliphatic carbocycles. The molecule has 0 saturated carbocycles. The molecule has 0 aliphatic rings. The van der Waals surface area contributed by atoms with E-state index in [9.17, 15) is 4.79 Å². The minimum Gasteiger partial charge on any atom is -0.355 e. The van der Waals surface area contributed by atoms with Gasteiger partial charge in [-0.15, -0.1) is 10.2 Å². The first kappa shape index (κ1) is 21.8. The highest BCUT2D eigenvalue weighted by Crippen LogP contribution is 2.27. The summed E-state index contributed by atoms with van der Waals surface area (Å²) in [7, 11) is 1.90. The number of pyridine rings is 1. The van der Waals surface area contributed by atoms with E-state index in [2.05, 4.69) is 69.0 Å². The predicted molar refractivity (Wildman–Crippen MR) is 127 cm³/mol. The van der Waals surface area contributed by atoms with Gasteiger partial charge >= 0.3 is 0 Å². The van der Waals surface area contributed by atoms with Crippen molar-refractivity contribution in [2.75, 3.05) is 12.3 Å². The number of hydrogen-bond donors (Lipinski definition) is 1. The highest BCUT2D eigenvalue weighted by molar-refractivity contribution is 7.99. The fraction of sp³-hybridized carbons (Fsp3) is 0.200. The number of benzene rings is 2. The lowest BCUT2D eigenvalue weighted by Crippen LogP contribution is -2.27. The van der Waals surface area contributed by atoms with E-state index in [1.165, 1.54) is 22.9 Å². The predicted octanol–water partition coefficient (Wildman–Crippen LogP) is 4.31. The van der Waals surface area contributed by atoms with Crippen molar-refractivity contribution in [1.82, 2.24) is 25.1 Å². The number of hydrogen-bond acceptors (Lipinski definition) is 5. The van der Waals surface area contributed by atoms with Crippen LogP contribution in [0.5, 0.6) is 0 Å². The van der Waals surface area contributed by atoms with E-state index in [0.717, 1.165) is 17.8 Å². The van der Waals surface area contributed by atoms with Gasteiger partial charge in [-0.1, -0.05) is 72.4 Å². The zero-order valence-electron chi connectivity index (χ0n) is 17.9. The maximum atomic E-state index is 12.5. The summed E-state index contributed by atoms with van der Waals surface area (Å²) in [5, 5.41) is 12.2. The average Bonchev–Trinajstić information content (AvgIpc) is 3.22. The van der Waals surface area contributed by atoms with Crippen molar-refractivity contribution in [2.45, 2.75) is 17.5 Å². The van der Waals surface area contributed by atoms with E-state index in [4.69, 9.17) is 0 Å². The van der Waals surface area contributed by atoms with Gasteiger partial charge in [-0.25, -0.2) is 0 Å². The van der Waals surface area contributed by atoms with Crippen LogP contribution in [0.4, 0.5) is 0 Å². The molecule has 6 nitrogen and oxygen atoms in total. The molecule has 2 aromatic carbocycles. The molecule has 4 rings (SSSR count). The summed E-state index contributed by atoms with van der Waals surface area (Å²) in [5.74, 6) is 1.25.